The number of fused-ring (bicyclic) bond motifs is 1. The third-order valence-electron chi connectivity index (χ3n) is 4.26. The summed E-state index contributed by atoms with van der Waals surface area (Å²) in [6.07, 6.45) is 0.929. The average molecular weight is 353 g/mol. The number of hydrogen-bond acceptors (Lipinski definition) is 7. The largest absolute Gasteiger partial charge is 0.497 e. The molecule has 0 bridgehead atoms. The first-order chi connectivity index (χ1) is 12.1. The van der Waals surface area contributed by atoms with Gasteiger partial charge < -0.3 is 15.4 Å². The van der Waals surface area contributed by atoms with Crippen molar-refractivity contribution in [2.75, 3.05) is 24.3 Å². The van der Waals surface area contributed by atoms with Crippen LogP contribution in [0.2, 0.25) is 0 Å². The maximum atomic E-state index is 5.98. The number of thiazole rings is 1. The van der Waals surface area contributed by atoms with Crippen molar-refractivity contribution in [2.24, 2.45) is 0 Å². The van der Waals surface area contributed by atoms with Crippen LogP contribution in [-0.4, -0.2) is 28.6 Å². The van der Waals surface area contributed by atoms with E-state index in [1.807, 2.05) is 30.3 Å². The van der Waals surface area contributed by atoms with Gasteiger partial charge in [-0.15, -0.1) is 11.3 Å². The van der Waals surface area contributed by atoms with Gasteiger partial charge in [-0.2, -0.15) is 4.98 Å². The van der Waals surface area contributed by atoms with E-state index in [4.69, 9.17) is 10.5 Å². The van der Waals surface area contributed by atoms with Crippen LogP contribution in [0.5, 0.6) is 5.75 Å². The second kappa shape index (κ2) is 6.33. The van der Waals surface area contributed by atoms with Gasteiger partial charge in [0.1, 0.15) is 11.6 Å². The number of rotatable bonds is 3. The molecule has 0 radical (unpaired) electrons. The van der Waals surface area contributed by atoms with E-state index in [0.717, 1.165) is 47.3 Å². The van der Waals surface area contributed by atoms with E-state index in [1.165, 1.54) is 10.6 Å². The fraction of sp³-hybridized carbons (Fsp3) is 0.278. The predicted molar refractivity (Wildman–Crippen MR) is 100 cm³/mol. The second-order valence-electron chi connectivity index (χ2n) is 5.98. The monoisotopic (exact) mass is 353 g/mol. The summed E-state index contributed by atoms with van der Waals surface area (Å²) in [4.78, 5) is 17.0. The van der Waals surface area contributed by atoms with Gasteiger partial charge in [-0.25, -0.2) is 9.97 Å². The van der Waals surface area contributed by atoms with Crippen molar-refractivity contribution in [1.29, 1.82) is 0 Å². The van der Waals surface area contributed by atoms with Gasteiger partial charge in [-0.05, 0) is 19.1 Å². The maximum Gasteiger partial charge on any atom is 0.222 e. The normalized spacial score (nSPS) is 13.6. The van der Waals surface area contributed by atoms with Gasteiger partial charge in [0.25, 0.3) is 0 Å². The highest BCUT2D eigenvalue weighted by Crippen LogP contribution is 2.30. The molecule has 0 spiro atoms. The van der Waals surface area contributed by atoms with Gasteiger partial charge in [0.05, 0.1) is 30.1 Å². The smallest absolute Gasteiger partial charge is 0.222 e. The summed E-state index contributed by atoms with van der Waals surface area (Å²) >= 11 is 1.75. The quantitative estimate of drug-likeness (QED) is 0.780. The van der Waals surface area contributed by atoms with Crippen molar-refractivity contribution in [3.05, 3.63) is 45.9 Å². The topological polar surface area (TPSA) is 77.2 Å². The number of nitrogens with two attached hydrogens (primary N) is 1. The van der Waals surface area contributed by atoms with Gasteiger partial charge in [0, 0.05) is 29.5 Å². The number of nitrogen functional groups attached to an aromatic ring is 1. The number of aromatic nitrogens is 3. The number of benzene rings is 1. The Hall–Kier alpha value is -2.67. The molecule has 4 rings (SSSR count). The van der Waals surface area contributed by atoms with E-state index in [1.54, 1.807) is 18.4 Å². The van der Waals surface area contributed by atoms with E-state index in [2.05, 4.69) is 26.8 Å². The summed E-state index contributed by atoms with van der Waals surface area (Å²) < 4.78 is 5.30. The molecule has 25 heavy (non-hydrogen) atoms. The number of ether oxygens (including phenoxy) is 1. The molecule has 2 N–H and O–H groups in total. The zero-order valence-electron chi connectivity index (χ0n) is 14.2. The van der Waals surface area contributed by atoms with Crippen molar-refractivity contribution in [1.82, 2.24) is 15.0 Å². The highest BCUT2D eigenvalue weighted by molar-refractivity contribution is 7.11. The second-order valence-corrected chi connectivity index (χ2v) is 7.26. The first-order valence-corrected chi connectivity index (χ1v) is 8.93. The lowest BCUT2D eigenvalue weighted by Gasteiger charge is -2.27. The number of anilines is 2. The molecule has 0 fully saturated rings. The molecule has 0 atom stereocenters. The summed E-state index contributed by atoms with van der Waals surface area (Å²) in [5.74, 6) is 1.92. The van der Waals surface area contributed by atoms with Crippen LogP contribution in [0.15, 0.2) is 30.3 Å². The molecule has 0 saturated carbocycles. The molecule has 3 aromatic rings. The van der Waals surface area contributed by atoms with Gasteiger partial charge in [0.2, 0.25) is 5.95 Å². The molecule has 6 nitrogen and oxygen atoms in total. The van der Waals surface area contributed by atoms with E-state index in [9.17, 15) is 0 Å². The third-order valence-corrected chi connectivity index (χ3v) is 5.26. The number of methoxy groups -OCH3 is 1. The Balaban J connectivity index is 1.68. The van der Waals surface area contributed by atoms with Crippen molar-refractivity contribution >= 4 is 23.1 Å². The summed E-state index contributed by atoms with van der Waals surface area (Å²) in [5, 5.41) is 1.12. The fourth-order valence-corrected chi connectivity index (χ4v) is 4.06. The molecule has 7 heteroatoms. The summed E-state index contributed by atoms with van der Waals surface area (Å²) in [5.41, 5.74) is 8.96. The lowest BCUT2D eigenvalue weighted by atomic mass is 10.1. The van der Waals surface area contributed by atoms with Gasteiger partial charge in [0.15, 0.2) is 0 Å². The van der Waals surface area contributed by atoms with E-state index in [0.29, 0.717) is 0 Å². The maximum absolute atomic E-state index is 5.98. The molecular formula is C18H19N5OS. The Bertz CT molecular complexity index is 924. The van der Waals surface area contributed by atoms with Gasteiger partial charge >= 0.3 is 0 Å². The van der Waals surface area contributed by atoms with Crippen LogP contribution in [-0.2, 0) is 13.0 Å². The molecule has 3 heterocycles. The molecule has 1 aliphatic heterocycles. The third kappa shape index (κ3) is 3.15. The Labute approximate surface area is 150 Å². The average Bonchev–Trinajstić information content (AvgIpc) is 3.00. The molecule has 0 aliphatic carbocycles. The lowest BCUT2D eigenvalue weighted by molar-refractivity contribution is 0.415. The van der Waals surface area contributed by atoms with Gasteiger partial charge in [-0.3, -0.25) is 0 Å². The highest BCUT2D eigenvalue weighted by Gasteiger charge is 2.21. The minimum atomic E-state index is 0.279. The fourth-order valence-electron chi connectivity index (χ4n) is 3.06. The highest BCUT2D eigenvalue weighted by atomic mass is 32.1. The van der Waals surface area contributed by atoms with Crippen LogP contribution in [0, 0.1) is 6.92 Å². The van der Waals surface area contributed by atoms with Crippen molar-refractivity contribution in [3.8, 4) is 17.0 Å². The standard InChI is InChI=1S/C18H19N5OS/c1-11-20-14-6-7-23(10-16(14)25-11)17-9-15(21-18(19)22-17)12-4-3-5-13(8-12)24-2/h3-5,8-9H,6-7,10H2,1-2H3,(H2,19,21,22). The zero-order valence-corrected chi connectivity index (χ0v) is 15.0. The molecule has 0 unspecified atom stereocenters. The Kier molecular flexibility index (Phi) is 4.01. The van der Waals surface area contributed by atoms with Crippen molar-refractivity contribution < 1.29 is 4.74 Å². The van der Waals surface area contributed by atoms with E-state index < -0.39 is 0 Å². The SMILES string of the molecule is COc1cccc(-c2cc(N3CCc4nc(C)sc4C3)nc(N)n2)c1. The predicted octanol–water partition coefficient (Wildman–Crippen LogP) is 3.06. The minimum Gasteiger partial charge on any atom is -0.497 e. The first kappa shape index (κ1) is 15.8. The summed E-state index contributed by atoms with van der Waals surface area (Å²) in [7, 11) is 1.65. The molecular weight excluding hydrogens is 334 g/mol. The van der Waals surface area contributed by atoms with E-state index >= 15 is 0 Å². The summed E-state index contributed by atoms with van der Waals surface area (Å²) in [6.45, 7) is 3.75. The number of aryl methyl sites for hydroxylation is 1. The van der Waals surface area contributed by atoms with Crippen LogP contribution in [0.3, 0.4) is 0 Å². The minimum absolute atomic E-state index is 0.279. The molecule has 1 aromatic carbocycles. The lowest BCUT2D eigenvalue weighted by Crippen LogP contribution is -2.30. The Morgan fingerprint density at radius 1 is 1.20 bits per heavy atom. The number of hydrogen-bond donors (Lipinski definition) is 1. The van der Waals surface area contributed by atoms with Crippen molar-refractivity contribution in [2.45, 2.75) is 19.9 Å². The van der Waals surface area contributed by atoms with Crippen molar-refractivity contribution in [3.63, 3.8) is 0 Å². The first-order valence-electron chi connectivity index (χ1n) is 8.11. The number of nitrogens with zero attached hydrogens (tertiary/aromatic N) is 4. The van der Waals surface area contributed by atoms with E-state index in [-0.39, 0.29) is 5.95 Å². The van der Waals surface area contributed by atoms with Crippen LogP contribution < -0.4 is 15.4 Å². The van der Waals surface area contributed by atoms with Crippen LogP contribution in [0.25, 0.3) is 11.3 Å². The molecule has 0 saturated heterocycles. The molecule has 2 aromatic heterocycles. The molecule has 128 valence electrons. The van der Waals surface area contributed by atoms with Crippen LogP contribution >= 0.6 is 11.3 Å². The Morgan fingerprint density at radius 2 is 2.08 bits per heavy atom. The van der Waals surface area contributed by atoms with Crippen LogP contribution in [0.4, 0.5) is 11.8 Å². The molecule has 1 aliphatic rings. The van der Waals surface area contributed by atoms with Crippen LogP contribution in [0.1, 0.15) is 15.6 Å². The summed E-state index contributed by atoms with van der Waals surface area (Å²) in [6, 6.07) is 9.79. The van der Waals surface area contributed by atoms with Gasteiger partial charge in [-0.1, -0.05) is 12.1 Å². The zero-order chi connectivity index (χ0) is 17.4. The molecule has 0 amide bonds. The Morgan fingerprint density at radius 3 is 2.92 bits per heavy atom.